The summed E-state index contributed by atoms with van der Waals surface area (Å²) in [5.41, 5.74) is 3.17. The van der Waals surface area contributed by atoms with E-state index in [1.165, 1.54) is 9.87 Å². The van der Waals surface area contributed by atoms with E-state index < -0.39 is 10.0 Å². The van der Waals surface area contributed by atoms with Gasteiger partial charge in [0.15, 0.2) is 0 Å². The van der Waals surface area contributed by atoms with Gasteiger partial charge >= 0.3 is 0 Å². The van der Waals surface area contributed by atoms with Crippen molar-refractivity contribution >= 4 is 31.9 Å². The van der Waals surface area contributed by atoms with E-state index in [1.807, 2.05) is 51.2 Å². The second kappa shape index (κ2) is 13.4. The summed E-state index contributed by atoms with van der Waals surface area (Å²) in [6, 6.07) is 19.0. The molecule has 1 amide bonds. The van der Waals surface area contributed by atoms with Gasteiger partial charge in [-0.1, -0.05) is 73.0 Å². The van der Waals surface area contributed by atoms with Crippen LogP contribution in [0.15, 0.2) is 76.2 Å². The van der Waals surface area contributed by atoms with E-state index in [2.05, 4.69) is 39.6 Å². The highest BCUT2D eigenvalue weighted by atomic mass is 79.9. The van der Waals surface area contributed by atoms with E-state index in [1.54, 1.807) is 29.2 Å². The number of hydrogen-bond donors (Lipinski definition) is 0. The molecule has 1 heterocycles. The first-order chi connectivity index (χ1) is 17.6. The molecule has 3 aromatic rings. The van der Waals surface area contributed by atoms with E-state index >= 15 is 0 Å². The molecular weight excluding hydrogens is 550 g/mol. The predicted octanol–water partition coefficient (Wildman–Crippen LogP) is 6.08. The van der Waals surface area contributed by atoms with Gasteiger partial charge in [-0.15, -0.1) is 0 Å². The van der Waals surface area contributed by atoms with Gasteiger partial charge in [0.1, 0.15) is 0 Å². The number of amides is 1. The van der Waals surface area contributed by atoms with Gasteiger partial charge in [-0.2, -0.15) is 4.31 Å². The summed E-state index contributed by atoms with van der Waals surface area (Å²) < 4.78 is 31.5. The Morgan fingerprint density at radius 2 is 1.70 bits per heavy atom. The lowest BCUT2D eigenvalue weighted by molar-refractivity contribution is -0.132. The molecule has 0 unspecified atom stereocenters. The third kappa shape index (κ3) is 8.28. The van der Waals surface area contributed by atoms with Crippen LogP contribution in [-0.2, 0) is 27.9 Å². The number of aryl methyl sites for hydroxylation is 1. The predicted molar refractivity (Wildman–Crippen MR) is 153 cm³/mol. The molecular formula is C29H38BrN3O3S. The van der Waals surface area contributed by atoms with Gasteiger partial charge in [0.2, 0.25) is 15.9 Å². The Hall–Kier alpha value is -2.42. The van der Waals surface area contributed by atoms with Crippen LogP contribution in [0.3, 0.4) is 0 Å². The molecule has 8 heteroatoms. The lowest BCUT2D eigenvalue weighted by atomic mass is 10.2. The average molecular weight is 589 g/mol. The maximum atomic E-state index is 13.6. The zero-order chi connectivity index (χ0) is 27.0. The standard InChI is InChI=1S/C29H38BrN3O3S/c1-5-6-17-32(21-27-8-7-18-31(27)20-25-11-13-26(30)14-12-25)29(34)22-33(19-23(2)3)37(35,36)28-15-9-24(4)10-16-28/h7-16,18,23H,5-6,17,19-22H2,1-4H3. The number of nitrogens with zero attached hydrogens (tertiary/aromatic N) is 3. The molecule has 3 rings (SSSR count). The van der Waals surface area contributed by atoms with Gasteiger partial charge in [-0.3, -0.25) is 4.79 Å². The van der Waals surface area contributed by atoms with E-state index in [-0.39, 0.29) is 29.8 Å². The molecule has 0 fully saturated rings. The van der Waals surface area contributed by atoms with E-state index in [9.17, 15) is 13.2 Å². The second-order valence-corrected chi connectivity index (χ2v) is 12.8. The van der Waals surface area contributed by atoms with Crippen LogP contribution in [0.5, 0.6) is 0 Å². The van der Waals surface area contributed by atoms with Crippen molar-refractivity contribution in [1.82, 2.24) is 13.8 Å². The van der Waals surface area contributed by atoms with Crippen molar-refractivity contribution in [3.05, 3.63) is 88.2 Å². The summed E-state index contributed by atoms with van der Waals surface area (Å²) in [6.45, 7) is 9.76. The maximum absolute atomic E-state index is 13.6. The molecule has 0 aliphatic heterocycles. The molecule has 37 heavy (non-hydrogen) atoms. The fraction of sp³-hybridized carbons (Fsp3) is 0.414. The third-order valence-corrected chi connectivity index (χ3v) is 8.57. The third-order valence-electron chi connectivity index (χ3n) is 6.22. The van der Waals surface area contributed by atoms with Crippen molar-refractivity contribution in [1.29, 1.82) is 0 Å². The topological polar surface area (TPSA) is 62.6 Å². The molecule has 0 aliphatic carbocycles. The van der Waals surface area contributed by atoms with Gasteiger partial charge < -0.3 is 9.47 Å². The Balaban J connectivity index is 1.81. The molecule has 0 atom stereocenters. The molecule has 0 aliphatic rings. The first-order valence-corrected chi connectivity index (χ1v) is 15.1. The Kier molecular flexibility index (Phi) is 10.6. The Bertz CT molecular complexity index is 1250. The Labute approximate surface area is 230 Å². The molecule has 0 spiro atoms. The quantitative estimate of drug-likeness (QED) is 0.243. The first kappa shape index (κ1) is 29.1. The number of rotatable bonds is 13. The van der Waals surface area contributed by atoms with Gasteiger partial charge in [-0.05, 0) is 61.2 Å². The highest BCUT2D eigenvalue weighted by Gasteiger charge is 2.29. The number of carbonyl (C=O) groups excluding carboxylic acids is 1. The van der Waals surface area contributed by atoms with Crippen LogP contribution < -0.4 is 0 Å². The Morgan fingerprint density at radius 3 is 2.32 bits per heavy atom. The minimum Gasteiger partial charge on any atom is -0.345 e. The monoisotopic (exact) mass is 587 g/mol. The average Bonchev–Trinajstić information content (AvgIpc) is 3.29. The molecule has 0 saturated carbocycles. The number of sulfonamides is 1. The van der Waals surface area contributed by atoms with Crippen LogP contribution in [0, 0.1) is 12.8 Å². The lowest BCUT2D eigenvalue weighted by Crippen LogP contribution is -2.44. The largest absolute Gasteiger partial charge is 0.345 e. The molecule has 1 aromatic heterocycles. The van der Waals surface area contributed by atoms with Crippen molar-refractivity contribution in [3.63, 3.8) is 0 Å². The molecule has 0 bridgehead atoms. The summed E-state index contributed by atoms with van der Waals surface area (Å²) in [4.78, 5) is 15.6. The van der Waals surface area contributed by atoms with Crippen molar-refractivity contribution in [2.75, 3.05) is 19.6 Å². The first-order valence-electron chi connectivity index (χ1n) is 12.8. The van der Waals surface area contributed by atoms with Crippen LogP contribution in [0.2, 0.25) is 0 Å². The van der Waals surface area contributed by atoms with E-state index in [4.69, 9.17) is 0 Å². The molecule has 200 valence electrons. The summed E-state index contributed by atoms with van der Waals surface area (Å²) in [5, 5.41) is 0. The number of benzene rings is 2. The van der Waals surface area contributed by atoms with Crippen LogP contribution in [0.1, 0.15) is 50.4 Å². The number of hydrogen-bond acceptors (Lipinski definition) is 3. The smallest absolute Gasteiger partial charge is 0.243 e. The molecule has 6 nitrogen and oxygen atoms in total. The summed E-state index contributed by atoms with van der Waals surface area (Å²) in [6.07, 6.45) is 3.82. The number of unbranched alkanes of at least 4 members (excludes halogenated alkanes) is 1. The second-order valence-electron chi connectivity index (χ2n) is 9.93. The van der Waals surface area contributed by atoms with Gasteiger partial charge in [0, 0.05) is 36.0 Å². The van der Waals surface area contributed by atoms with Crippen LogP contribution in [0.4, 0.5) is 0 Å². The van der Waals surface area contributed by atoms with Crippen molar-refractivity contribution < 1.29 is 13.2 Å². The number of halogens is 1. The molecule has 0 N–H and O–H groups in total. The van der Waals surface area contributed by atoms with Crippen molar-refractivity contribution in [2.24, 2.45) is 5.92 Å². The SMILES string of the molecule is CCCCN(Cc1cccn1Cc1ccc(Br)cc1)C(=O)CN(CC(C)C)S(=O)(=O)c1ccc(C)cc1. The van der Waals surface area contributed by atoms with Crippen molar-refractivity contribution in [2.45, 2.75) is 58.5 Å². The Morgan fingerprint density at radius 1 is 1.03 bits per heavy atom. The normalized spacial score (nSPS) is 11.9. The summed E-state index contributed by atoms with van der Waals surface area (Å²) in [5.74, 6) is -0.0959. The zero-order valence-corrected chi connectivity index (χ0v) is 24.6. The van der Waals surface area contributed by atoms with Gasteiger partial charge in [0.25, 0.3) is 0 Å². The molecule has 0 radical (unpaired) electrons. The van der Waals surface area contributed by atoms with E-state index in [0.717, 1.165) is 28.6 Å². The fourth-order valence-corrected chi connectivity index (χ4v) is 5.95. The van der Waals surface area contributed by atoms with Crippen molar-refractivity contribution in [3.8, 4) is 0 Å². The molecule has 2 aromatic carbocycles. The number of carbonyl (C=O) groups is 1. The van der Waals surface area contributed by atoms with Crippen LogP contribution >= 0.6 is 15.9 Å². The summed E-state index contributed by atoms with van der Waals surface area (Å²) in [7, 11) is -3.80. The minimum atomic E-state index is -3.80. The maximum Gasteiger partial charge on any atom is 0.243 e. The molecule has 0 saturated heterocycles. The summed E-state index contributed by atoms with van der Waals surface area (Å²) >= 11 is 3.48. The van der Waals surface area contributed by atoms with Gasteiger partial charge in [0.05, 0.1) is 18.0 Å². The lowest BCUT2D eigenvalue weighted by Gasteiger charge is -2.28. The number of aromatic nitrogens is 1. The van der Waals surface area contributed by atoms with E-state index in [0.29, 0.717) is 19.6 Å². The minimum absolute atomic E-state index is 0.0836. The highest BCUT2D eigenvalue weighted by molar-refractivity contribution is 9.10. The van der Waals surface area contributed by atoms with Crippen LogP contribution in [0.25, 0.3) is 0 Å². The zero-order valence-electron chi connectivity index (χ0n) is 22.2. The van der Waals surface area contributed by atoms with Crippen LogP contribution in [-0.4, -0.2) is 47.7 Å². The fourth-order valence-electron chi connectivity index (χ4n) is 4.14. The van der Waals surface area contributed by atoms with Gasteiger partial charge in [-0.25, -0.2) is 8.42 Å². The highest BCUT2D eigenvalue weighted by Crippen LogP contribution is 2.19.